The van der Waals surface area contributed by atoms with Crippen LogP contribution in [0.15, 0.2) is 23.0 Å². The van der Waals surface area contributed by atoms with Crippen molar-refractivity contribution >= 4 is 11.9 Å². The third-order valence-corrected chi connectivity index (χ3v) is 2.93. The molecule has 2 rings (SSSR count). The quantitative estimate of drug-likeness (QED) is 0.180. The van der Waals surface area contributed by atoms with Crippen molar-refractivity contribution in [3.8, 4) is 0 Å². The summed E-state index contributed by atoms with van der Waals surface area (Å²) in [5.41, 5.74) is 0. The molecule has 4 atom stereocenters. The second kappa shape index (κ2) is 9.82. The van der Waals surface area contributed by atoms with Gasteiger partial charge in [-0.15, -0.1) is 0 Å². The second-order valence-electron chi connectivity index (χ2n) is 4.60. The average Bonchev–Trinajstić information content (AvgIpc) is 2.98. The first-order chi connectivity index (χ1) is 11.1. The number of esters is 2. The molecule has 0 radical (unpaired) electrons. The summed E-state index contributed by atoms with van der Waals surface area (Å²) in [6.07, 6.45) is -5.73. The molecule has 0 bridgehead atoms. The van der Waals surface area contributed by atoms with Crippen LogP contribution < -0.4 is 34.7 Å². The summed E-state index contributed by atoms with van der Waals surface area (Å²) in [6, 6.07) is 0. The molecular formula is C12H15NaO12. The van der Waals surface area contributed by atoms with Crippen molar-refractivity contribution in [2.24, 2.45) is 0 Å². The van der Waals surface area contributed by atoms with Crippen LogP contribution in [-0.2, 0) is 19.1 Å². The van der Waals surface area contributed by atoms with Gasteiger partial charge in [0.25, 0.3) is 0 Å². The van der Waals surface area contributed by atoms with Gasteiger partial charge in [0, 0.05) is 0 Å². The van der Waals surface area contributed by atoms with Crippen LogP contribution >= 0.6 is 0 Å². The van der Waals surface area contributed by atoms with Crippen molar-refractivity contribution in [3.63, 3.8) is 0 Å². The SMILES string of the molecule is O=C1O[C@H](C(O)CO)C(O)=C1O.O=C1O[C@H](C(O)CO)C([O-])=C1O.[Na+]. The fraction of sp³-hybridized carbons (Fsp3) is 0.500. The van der Waals surface area contributed by atoms with E-state index in [1.807, 2.05) is 0 Å². The van der Waals surface area contributed by atoms with Gasteiger partial charge in [0.2, 0.25) is 5.76 Å². The van der Waals surface area contributed by atoms with Crippen LogP contribution in [0.2, 0.25) is 0 Å². The molecule has 0 fully saturated rings. The fourth-order valence-electron chi connectivity index (χ4n) is 1.63. The van der Waals surface area contributed by atoms with Gasteiger partial charge in [0.05, 0.1) is 13.2 Å². The monoisotopic (exact) mass is 374 g/mol. The summed E-state index contributed by atoms with van der Waals surface area (Å²) in [6.45, 7) is -1.38. The van der Waals surface area contributed by atoms with E-state index in [-0.39, 0.29) is 29.6 Å². The first-order valence-electron chi connectivity index (χ1n) is 6.37. The van der Waals surface area contributed by atoms with Crippen LogP contribution in [-0.4, -0.2) is 85.3 Å². The minimum absolute atomic E-state index is 0. The largest absolute Gasteiger partial charge is 1.00 e. The molecule has 7 N–H and O–H groups in total. The first-order valence-corrected chi connectivity index (χ1v) is 6.37. The van der Waals surface area contributed by atoms with E-state index in [1.54, 1.807) is 0 Å². The molecular weight excluding hydrogens is 359 g/mol. The molecule has 13 heteroatoms. The number of ether oxygens (including phenoxy) is 2. The van der Waals surface area contributed by atoms with E-state index >= 15 is 0 Å². The fourth-order valence-corrected chi connectivity index (χ4v) is 1.63. The third kappa shape index (κ3) is 5.22. The van der Waals surface area contributed by atoms with Crippen LogP contribution in [0.1, 0.15) is 0 Å². The van der Waals surface area contributed by atoms with Crippen molar-refractivity contribution in [2.75, 3.05) is 13.2 Å². The maximum atomic E-state index is 10.8. The molecule has 0 saturated carbocycles. The van der Waals surface area contributed by atoms with Gasteiger partial charge in [-0.05, 0) is 5.76 Å². The van der Waals surface area contributed by atoms with Crippen molar-refractivity contribution in [1.82, 2.24) is 0 Å². The zero-order valence-corrected chi connectivity index (χ0v) is 14.9. The Labute approximate surface area is 162 Å². The minimum Gasteiger partial charge on any atom is -0.870 e. The molecule has 0 spiro atoms. The Morgan fingerprint density at radius 3 is 1.60 bits per heavy atom. The summed E-state index contributed by atoms with van der Waals surface area (Å²) in [7, 11) is 0. The Bertz CT molecular complexity index is 520. The van der Waals surface area contributed by atoms with E-state index in [2.05, 4.69) is 9.47 Å². The van der Waals surface area contributed by atoms with E-state index in [0.29, 0.717) is 0 Å². The number of hydrogen-bond donors (Lipinski definition) is 7. The smallest absolute Gasteiger partial charge is 0.870 e. The molecule has 0 aromatic rings. The van der Waals surface area contributed by atoms with Crippen LogP contribution in [0.4, 0.5) is 0 Å². The first kappa shape index (κ1) is 23.5. The van der Waals surface area contributed by atoms with Gasteiger partial charge in [0.15, 0.2) is 17.6 Å². The predicted molar refractivity (Wildman–Crippen MR) is 67.9 cm³/mol. The third-order valence-electron chi connectivity index (χ3n) is 2.93. The molecule has 0 amide bonds. The number of aliphatic hydroxyl groups is 7. The summed E-state index contributed by atoms with van der Waals surface area (Å²) in [5, 5.41) is 71.8. The Balaban J connectivity index is 0.000000443. The zero-order chi connectivity index (χ0) is 18.6. The van der Waals surface area contributed by atoms with Crippen molar-refractivity contribution in [2.45, 2.75) is 24.4 Å². The summed E-state index contributed by atoms with van der Waals surface area (Å²) in [4.78, 5) is 21.0. The normalized spacial score (nSPS) is 24.8. The Morgan fingerprint density at radius 2 is 1.28 bits per heavy atom. The number of carbonyl (C=O) groups is 2. The van der Waals surface area contributed by atoms with Crippen LogP contribution in [0.5, 0.6) is 0 Å². The summed E-state index contributed by atoms with van der Waals surface area (Å²) >= 11 is 0. The molecule has 2 unspecified atom stereocenters. The van der Waals surface area contributed by atoms with Crippen LogP contribution in [0.25, 0.3) is 0 Å². The number of carbonyl (C=O) groups excluding carboxylic acids is 2. The summed E-state index contributed by atoms with van der Waals surface area (Å²) < 4.78 is 8.57. The number of hydrogen-bond acceptors (Lipinski definition) is 12. The Morgan fingerprint density at radius 1 is 0.880 bits per heavy atom. The molecule has 0 aromatic heterocycles. The number of aliphatic hydroxyl groups excluding tert-OH is 7. The van der Waals surface area contributed by atoms with E-state index in [0.717, 1.165) is 0 Å². The average molecular weight is 374 g/mol. The van der Waals surface area contributed by atoms with Crippen molar-refractivity contribution < 1.29 is 89.5 Å². The van der Waals surface area contributed by atoms with E-state index in [4.69, 9.17) is 35.7 Å². The molecule has 2 heterocycles. The van der Waals surface area contributed by atoms with Gasteiger partial charge in [-0.2, -0.15) is 0 Å². The van der Waals surface area contributed by atoms with E-state index < -0.39 is 72.6 Å². The standard InChI is InChI=1S/2C6H8O6.Na/c2*7-1-2(8)5-3(9)4(10)6(11)12-5;/h2*2,5,7-10H,1H2;/q;;+1/p-1/t2*2?,5-;/m11./s1. The van der Waals surface area contributed by atoms with Gasteiger partial charge < -0.3 is 50.3 Å². The number of rotatable bonds is 4. The van der Waals surface area contributed by atoms with Gasteiger partial charge in [-0.25, -0.2) is 9.59 Å². The van der Waals surface area contributed by atoms with Gasteiger partial charge in [-0.1, -0.05) is 0 Å². The molecule has 136 valence electrons. The maximum Gasteiger partial charge on any atom is 1.00 e. The van der Waals surface area contributed by atoms with Gasteiger partial charge in [0.1, 0.15) is 18.3 Å². The molecule has 25 heavy (non-hydrogen) atoms. The van der Waals surface area contributed by atoms with Gasteiger partial charge >= 0.3 is 41.5 Å². The minimum atomic E-state index is -1.48. The maximum absolute atomic E-state index is 10.8. The van der Waals surface area contributed by atoms with Crippen molar-refractivity contribution in [1.29, 1.82) is 0 Å². The molecule has 12 nitrogen and oxygen atoms in total. The Kier molecular flexibility index (Phi) is 9.21. The number of cyclic esters (lactones) is 2. The van der Waals surface area contributed by atoms with Gasteiger partial charge in [-0.3, -0.25) is 0 Å². The molecule has 0 aromatic carbocycles. The second-order valence-corrected chi connectivity index (χ2v) is 4.60. The molecule has 2 aliphatic rings. The topological polar surface area (TPSA) is 217 Å². The zero-order valence-electron chi connectivity index (χ0n) is 12.9. The van der Waals surface area contributed by atoms with E-state index in [9.17, 15) is 14.7 Å². The van der Waals surface area contributed by atoms with Crippen molar-refractivity contribution in [3.05, 3.63) is 23.0 Å². The summed E-state index contributed by atoms with van der Waals surface area (Å²) in [5.74, 6) is -5.98. The predicted octanol–water partition coefficient (Wildman–Crippen LogP) is -7.01. The molecule has 0 saturated heterocycles. The molecule has 2 aliphatic heterocycles. The Hall–Kier alpha value is -1.54. The van der Waals surface area contributed by atoms with Crippen LogP contribution in [0.3, 0.4) is 0 Å². The molecule has 0 aliphatic carbocycles. The van der Waals surface area contributed by atoms with Crippen LogP contribution in [0, 0.1) is 0 Å². The van der Waals surface area contributed by atoms with E-state index in [1.165, 1.54) is 0 Å².